The highest BCUT2D eigenvalue weighted by Gasteiger charge is 2.41. The van der Waals surface area contributed by atoms with Crippen LogP contribution in [0, 0.1) is 0 Å². The average Bonchev–Trinajstić information content (AvgIpc) is 2.97. The molecule has 0 radical (unpaired) electrons. The molecule has 1 aliphatic rings. The van der Waals surface area contributed by atoms with Gasteiger partial charge in [-0.15, -0.1) is 17.5 Å². The Kier molecular flexibility index (Phi) is 6.02. The number of furan rings is 1. The Morgan fingerprint density at radius 1 is 1.19 bits per heavy atom. The lowest BCUT2D eigenvalue weighted by Crippen LogP contribution is -2.24. The fourth-order valence-corrected chi connectivity index (χ4v) is 3.55. The Bertz CT molecular complexity index is 859. The van der Waals surface area contributed by atoms with Gasteiger partial charge in [0.05, 0.1) is 11.3 Å². The van der Waals surface area contributed by atoms with Crippen LogP contribution in [0.15, 0.2) is 49.6 Å². The zero-order valence-corrected chi connectivity index (χ0v) is 15.7. The lowest BCUT2D eigenvalue weighted by molar-refractivity contribution is -0.138. The van der Waals surface area contributed by atoms with Crippen LogP contribution in [0.4, 0.5) is 13.2 Å². The van der Waals surface area contributed by atoms with Crippen LogP contribution in [0.3, 0.4) is 0 Å². The molecule has 0 amide bonds. The molecule has 0 bridgehead atoms. The molecule has 4 N–H and O–H groups in total. The molecule has 10 heteroatoms. The lowest BCUT2D eigenvalue weighted by atomic mass is 9.81. The minimum Gasteiger partial charge on any atom is -0.468 e. The molecule has 5 nitrogen and oxygen atoms in total. The van der Waals surface area contributed by atoms with E-state index < -0.39 is 11.7 Å². The van der Waals surface area contributed by atoms with E-state index in [4.69, 9.17) is 15.9 Å². The van der Waals surface area contributed by atoms with E-state index in [0.29, 0.717) is 6.42 Å². The van der Waals surface area contributed by atoms with Crippen molar-refractivity contribution in [3.8, 4) is 0 Å². The first-order chi connectivity index (χ1) is 11.8. The van der Waals surface area contributed by atoms with Crippen molar-refractivity contribution in [2.24, 2.45) is 21.7 Å². The molecule has 1 heterocycles. The van der Waals surface area contributed by atoms with Gasteiger partial charge >= 0.3 is 6.18 Å². The van der Waals surface area contributed by atoms with Crippen molar-refractivity contribution in [1.29, 1.82) is 0 Å². The molecule has 0 saturated heterocycles. The Labute approximate surface area is 161 Å². The van der Waals surface area contributed by atoms with Gasteiger partial charge in [0, 0.05) is 10.9 Å². The molecule has 26 heavy (non-hydrogen) atoms. The molecule has 0 saturated carbocycles. The maximum absolute atomic E-state index is 13.3. The molecule has 1 aromatic carbocycles. The maximum Gasteiger partial charge on any atom is 0.420 e. The van der Waals surface area contributed by atoms with Crippen LogP contribution in [-0.4, -0.2) is 11.7 Å². The van der Waals surface area contributed by atoms with Crippen molar-refractivity contribution < 1.29 is 17.6 Å². The molecule has 1 aliphatic carbocycles. The van der Waals surface area contributed by atoms with E-state index in [-0.39, 0.29) is 47.7 Å². The summed E-state index contributed by atoms with van der Waals surface area (Å²) in [7, 11) is 0. The number of benzene rings is 1. The molecule has 1 aromatic heterocycles. The number of fused-ring (bicyclic) bond motifs is 1. The Hall–Kier alpha value is -2.00. The van der Waals surface area contributed by atoms with Gasteiger partial charge in [0.1, 0.15) is 17.6 Å². The van der Waals surface area contributed by atoms with Crippen molar-refractivity contribution in [3.63, 3.8) is 0 Å². The summed E-state index contributed by atoms with van der Waals surface area (Å²) in [4.78, 5) is 0. The third-order valence-corrected chi connectivity index (χ3v) is 4.69. The van der Waals surface area contributed by atoms with E-state index in [2.05, 4.69) is 26.1 Å². The largest absolute Gasteiger partial charge is 0.468 e. The van der Waals surface area contributed by atoms with Crippen LogP contribution in [-0.2, 0) is 12.6 Å². The van der Waals surface area contributed by atoms with Crippen LogP contribution >= 0.6 is 28.3 Å². The Balaban J connectivity index is 0.00000243. The number of nitrogens with two attached hydrogens (primary N) is 2. The molecule has 0 fully saturated rings. The third-order valence-electron chi connectivity index (χ3n) is 3.96. The summed E-state index contributed by atoms with van der Waals surface area (Å²) >= 11 is 3.47. The molecular formula is C16H15BrClF3N4O. The zero-order chi connectivity index (χ0) is 18.2. The molecule has 3 rings (SSSR count). The SMILES string of the molecule is Cl.NC(N)=N/N=C1\CC(c2ccccc2Br)Cc2occ(C(F)(F)F)c21. The number of alkyl halides is 3. The van der Waals surface area contributed by atoms with Crippen molar-refractivity contribution in [2.75, 3.05) is 0 Å². The third kappa shape index (κ3) is 4.04. The van der Waals surface area contributed by atoms with Crippen LogP contribution in [0.2, 0.25) is 0 Å². The topological polar surface area (TPSA) is 89.9 Å². The highest BCUT2D eigenvalue weighted by Crippen LogP contribution is 2.42. The molecule has 0 aliphatic heterocycles. The van der Waals surface area contributed by atoms with Gasteiger partial charge in [0.25, 0.3) is 0 Å². The first-order valence-corrected chi connectivity index (χ1v) is 8.14. The number of nitrogens with zero attached hydrogens (tertiary/aromatic N) is 2. The quantitative estimate of drug-likeness (QED) is 0.407. The monoisotopic (exact) mass is 450 g/mol. The van der Waals surface area contributed by atoms with Crippen LogP contribution in [0.25, 0.3) is 0 Å². The molecule has 0 spiro atoms. The van der Waals surface area contributed by atoms with Gasteiger partial charge in [0.2, 0.25) is 5.96 Å². The maximum atomic E-state index is 13.3. The normalized spacial score (nSPS) is 18.2. The second-order valence-corrected chi connectivity index (χ2v) is 6.50. The van der Waals surface area contributed by atoms with Crippen molar-refractivity contribution >= 4 is 40.0 Å². The van der Waals surface area contributed by atoms with Crippen molar-refractivity contribution in [3.05, 3.63) is 57.5 Å². The first-order valence-electron chi connectivity index (χ1n) is 7.35. The summed E-state index contributed by atoms with van der Waals surface area (Å²) in [6, 6.07) is 7.52. The number of hydrogen-bond acceptors (Lipinski definition) is 3. The summed E-state index contributed by atoms with van der Waals surface area (Å²) in [5.41, 5.74) is 10.7. The van der Waals surface area contributed by atoms with Crippen molar-refractivity contribution in [2.45, 2.75) is 24.9 Å². The summed E-state index contributed by atoms with van der Waals surface area (Å²) in [5.74, 6) is -0.207. The molecule has 1 unspecified atom stereocenters. The fraction of sp³-hybridized carbons (Fsp3) is 0.250. The number of guanidine groups is 1. The van der Waals surface area contributed by atoms with Crippen molar-refractivity contribution in [1.82, 2.24) is 0 Å². The van der Waals surface area contributed by atoms with Gasteiger partial charge in [-0.1, -0.05) is 34.1 Å². The Morgan fingerprint density at radius 2 is 1.88 bits per heavy atom. The van der Waals surface area contributed by atoms with Crippen LogP contribution in [0.5, 0.6) is 0 Å². The minimum absolute atomic E-state index is 0. The molecule has 140 valence electrons. The predicted molar refractivity (Wildman–Crippen MR) is 98.5 cm³/mol. The summed E-state index contributed by atoms with van der Waals surface area (Å²) < 4.78 is 45.9. The molecule has 1 atom stereocenters. The molecular weight excluding hydrogens is 437 g/mol. The highest BCUT2D eigenvalue weighted by atomic mass is 79.9. The van der Waals surface area contributed by atoms with Crippen LogP contribution in [0.1, 0.15) is 34.8 Å². The van der Waals surface area contributed by atoms with Gasteiger partial charge in [0.15, 0.2) is 0 Å². The fourth-order valence-electron chi connectivity index (χ4n) is 2.94. The van der Waals surface area contributed by atoms with E-state index in [1.165, 1.54) is 0 Å². The van der Waals surface area contributed by atoms with E-state index >= 15 is 0 Å². The minimum atomic E-state index is -4.55. The van der Waals surface area contributed by atoms with Crippen LogP contribution < -0.4 is 11.5 Å². The summed E-state index contributed by atoms with van der Waals surface area (Å²) in [6.45, 7) is 0. The van der Waals surface area contributed by atoms with Gasteiger partial charge in [-0.3, -0.25) is 0 Å². The smallest absolute Gasteiger partial charge is 0.420 e. The second kappa shape index (κ2) is 7.71. The van der Waals surface area contributed by atoms with E-state index in [0.717, 1.165) is 16.3 Å². The lowest BCUT2D eigenvalue weighted by Gasteiger charge is -2.24. The molecule has 2 aromatic rings. The second-order valence-electron chi connectivity index (χ2n) is 5.64. The van der Waals surface area contributed by atoms with Gasteiger partial charge in [-0.05, 0) is 24.0 Å². The van der Waals surface area contributed by atoms with E-state index in [1.54, 1.807) is 0 Å². The highest BCUT2D eigenvalue weighted by molar-refractivity contribution is 9.10. The summed E-state index contributed by atoms with van der Waals surface area (Å²) in [6.07, 6.45) is -3.24. The predicted octanol–water partition coefficient (Wildman–Crippen LogP) is 4.19. The first kappa shape index (κ1) is 20.3. The van der Waals surface area contributed by atoms with Gasteiger partial charge < -0.3 is 15.9 Å². The van der Waals surface area contributed by atoms with E-state index in [1.807, 2.05) is 24.3 Å². The zero-order valence-electron chi connectivity index (χ0n) is 13.3. The standard InChI is InChI=1S/C16H14BrF3N4O.ClH/c17-11-4-2-1-3-9(11)8-5-12(23-24-15(21)22)14-10(16(18,19)20)7-25-13(14)6-8;/h1-4,7-8H,5-6H2,(H4,21,22,24);1H/b23-12+;. The number of hydrogen-bond donors (Lipinski definition) is 2. The van der Waals surface area contributed by atoms with Gasteiger partial charge in [-0.2, -0.15) is 18.3 Å². The number of rotatable bonds is 2. The summed E-state index contributed by atoms with van der Waals surface area (Å²) in [5, 5.41) is 7.40. The van der Waals surface area contributed by atoms with E-state index in [9.17, 15) is 13.2 Å². The van der Waals surface area contributed by atoms with Gasteiger partial charge in [-0.25, -0.2) is 0 Å². The Morgan fingerprint density at radius 3 is 2.50 bits per heavy atom. The average molecular weight is 452 g/mol. The number of halogens is 5.